The zero-order valence-electron chi connectivity index (χ0n) is 8.18. The zero-order chi connectivity index (χ0) is 9.97. The Kier molecular flexibility index (Phi) is 2.53. The van der Waals surface area contributed by atoms with Gasteiger partial charge >= 0.3 is 0 Å². The lowest BCUT2D eigenvalue weighted by Gasteiger charge is -2.23. The molecule has 1 aliphatic rings. The number of piperidine rings is 1. The number of tetrazole rings is 1. The van der Waals surface area contributed by atoms with Crippen molar-refractivity contribution in [3.05, 3.63) is 5.82 Å². The summed E-state index contributed by atoms with van der Waals surface area (Å²) < 4.78 is 0. The highest BCUT2D eigenvalue weighted by molar-refractivity contribution is 5.81. The highest BCUT2D eigenvalue weighted by Crippen LogP contribution is 2.07. The Morgan fingerprint density at radius 1 is 1.50 bits per heavy atom. The molecule has 0 N–H and O–H groups in total. The Hall–Kier alpha value is -1.30. The molecule has 14 heavy (non-hydrogen) atoms. The van der Waals surface area contributed by atoms with E-state index in [2.05, 4.69) is 20.3 Å². The summed E-state index contributed by atoms with van der Waals surface area (Å²) in [7, 11) is 1.73. The molecular weight excluding hydrogens is 182 g/mol. The fraction of sp³-hybridized carbons (Fsp3) is 0.750. The SMILES string of the molecule is Cn1nnc(CN2CCCC(=O)C2)n1. The number of likely N-dealkylation sites (tertiary alicyclic amines) is 1. The first-order chi connectivity index (χ1) is 6.74. The second-order valence-electron chi connectivity index (χ2n) is 3.55. The Balaban J connectivity index is 1.93. The summed E-state index contributed by atoms with van der Waals surface area (Å²) in [5.74, 6) is 0.988. The molecule has 2 rings (SSSR count). The van der Waals surface area contributed by atoms with E-state index in [1.165, 1.54) is 4.80 Å². The van der Waals surface area contributed by atoms with Crippen LogP contribution in [0.3, 0.4) is 0 Å². The molecule has 1 aromatic heterocycles. The minimum absolute atomic E-state index is 0.306. The standard InChI is InChI=1S/C8H13N5O/c1-12-10-8(9-11-12)6-13-4-2-3-7(14)5-13/h2-6H2,1H3. The van der Waals surface area contributed by atoms with Crippen LogP contribution < -0.4 is 0 Å². The lowest BCUT2D eigenvalue weighted by Crippen LogP contribution is -2.35. The van der Waals surface area contributed by atoms with Gasteiger partial charge in [0.15, 0.2) is 5.82 Å². The summed E-state index contributed by atoms with van der Waals surface area (Å²) in [6, 6.07) is 0. The van der Waals surface area contributed by atoms with Crippen LogP contribution in [-0.2, 0) is 18.4 Å². The Morgan fingerprint density at radius 2 is 2.36 bits per heavy atom. The second-order valence-corrected chi connectivity index (χ2v) is 3.55. The van der Waals surface area contributed by atoms with Crippen LogP contribution in [0.2, 0.25) is 0 Å². The van der Waals surface area contributed by atoms with Gasteiger partial charge in [-0.05, 0) is 18.2 Å². The normalized spacial score (nSPS) is 18.8. The largest absolute Gasteiger partial charge is 0.298 e. The van der Waals surface area contributed by atoms with Gasteiger partial charge in [0, 0.05) is 6.42 Å². The number of ketones is 1. The molecule has 76 valence electrons. The maximum atomic E-state index is 11.2. The molecule has 0 spiro atoms. The van der Waals surface area contributed by atoms with Gasteiger partial charge in [-0.3, -0.25) is 9.69 Å². The first kappa shape index (κ1) is 9.26. The third kappa shape index (κ3) is 2.14. The van der Waals surface area contributed by atoms with Crippen molar-refractivity contribution in [2.45, 2.75) is 19.4 Å². The van der Waals surface area contributed by atoms with Crippen molar-refractivity contribution in [2.24, 2.45) is 7.05 Å². The predicted molar refractivity (Wildman–Crippen MR) is 48.3 cm³/mol. The van der Waals surface area contributed by atoms with Gasteiger partial charge in [-0.15, -0.1) is 10.2 Å². The monoisotopic (exact) mass is 195 g/mol. The summed E-state index contributed by atoms with van der Waals surface area (Å²) in [5.41, 5.74) is 0. The predicted octanol–water partition coefficient (Wildman–Crippen LogP) is -0.625. The fourth-order valence-electron chi connectivity index (χ4n) is 1.63. The minimum atomic E-state index is 0.306. The average molecular weight is 195 g/mol. The first-order valence-electron chi connectivity index (χ1n) is 4.71. The van der Waals surface area contributed by atoms with Gasteiger partial charge < -0.3 is 0 Å². The highest BCUT2D eigenvalue weighted by atomic mass is 16.1. The van der Waals surface area contributed by atoms with Gasteiger partial charge in [0.05, 0.1) is 20.1 Å². The third-order valence-corrected chi connectivity index (χ3v) is 2.24. The van der Waals surface area contributed by atoms with E-state index in [-0.39, 0.29) is 0 Å². The number of nitrogens with zero attached hydrogens (tertiary/aromatic N) is 5. The molecule has 1 fully saturated rings. The van der Waals surface area contributed by atoms with Crippen molar-refractivity contribution in [1.82, 2.24) is 25.1 Å². The fourth-order valence-corrected chi connectivity index (χ4v) is 1.63. The summed E-state index contributed by atoms with van der Waals surface area (Å²) in [4.78, 5) is 14.7. The van der Waals surface area contributed by atoms with Crippen LogP contribution >= 0.6 is 0 Å². The van der Waals surface area contributed by atoms with Gasteiger partial charge in [0.25, 0.3) is 0 Å². The molecule has 1 saturated heterocycles. The third-order valence-electron chi connectivity index (χ3n) is 2.24. The molecule has 0 saturated carbocycles. The maximum absolute atomic E-state index is 11.2. The van der Waals surface area contributed by atoms with Crippen LogP contribution in [0.4, 0.5) is 0 Å². The number of Topliss-reactive ketones (excluding diaryl/α,β-unsaturated/α-hetero) is 1. The molecule has 0 amide bonds. The van der Waals surface area contributed by atoms with E-state index in [0.29, 0.717) is 31.1 Å². The smallest absolute Gasteiger partial charge is 0.188 e. The van der Waals surface area contributed by atoms with E-state index in [0.717, 1.165) is 13.0 Å². The lowest BCUT2D eigenvalue weighted by molar-refractivity contribution is -0.122. The van der Waals surface area contributed by atoms with Gasteiger partial charge in [0.1, 0.15) is 5.78 Å². The van der Waals surface area contributed by atoms with Crippen molar-refractivity contribution in [3.8, 4) is 0 Å². The summed E-state index contributed by atoms with van der Waals surface area (Å²) >= 11 is 0. The molecular formula is C8H13N5O. The molecule has 0 radical (unpaired) electrons. The topological polar surface area (TPSA) is 63.9 Å². The van der Waals surface area contributed by atoms with Gasteiger partial charge in [-0.1, -0.05) is 0 Å². The van der Waals surface area contributed by atoms with Crippen LogP contribution in [0.25, 0.3) is 0 Å². The summed E-state index contributed by atoms with van der Waals surface area (Å²) in [5, 5.41) is 11.7. The van der Waals surface area contributed by atoms with Crippen LogP contribution in [-0.4, -0.2) is 44.0 Å². The number of aryl methyl sites for hydroxylation is 1. The second kappa shape index (κ2) is 3.83. The minimum Gasteiger partial charge on any atom is -0.298 e. The molecule has 0 atom stereocenters. The van der Waals surface area contributed by atoms with Crippen molar-refractivity contribution in [3.63, 3.8) is 0 Å². The van der Waals surface area contributed by atoms with E-state index in [4.69, 9.17) is 0 Å². The van der Waals surface area contributed by atoms with E-state index in [1.807, 2.05) is 0 Å². The molecule has 0 bridgehead atoms. The van der Waals surface area contributed by atoms with Crippen molar-refractivity contribution >= 4 is 5.78 Å². The molecule has 0 aliphatic carbocycles. The molecule has 1 aromatic rings. The van der Waals surface area contributed by atoms with Gasteiger partial charge in [0.2, 0.25) is 0 Å². The Labute approximate surface area is 81.9 Å². The number of hydrogen-bond acceptors (Lipinski definition) is 5. The number of rotatable bonds is 2. The number of carbonyl (C=O) groups excluding carboxylic acids is 1. The maximum Gasteiger partial charge on any atom is 0.188 e. The van der Waals surface area contributed by atoms with E-state index >= 15 is 0 Å². The van der Waals surface area contributed by atoms with Crippen molar-refractivity contribution in [2.75, 3.05) is 13.1 Å². The first-order valence-corrected chi connectivity index (χ1v) is 4.71. The van der Waals surface area contributed by atoms with E-state index in [1.54, 1.807) is 7.05 Å². The number of aromatic nitrogens is 4. The average Bonchev–Trinajstić information content (AvgIpc) is 2.51. The molecule has 2 heterocycles. The molecule has 6 nitrogen and oxygen atoms in total. The van der Waals surface area contributed by atoms with Crippen LogP contribution in [0, 0.1) is 0 Å². The molecule has 0 unspecified atom stereocenters. The van der Waals surface area contributed by atoms with Crippen LogP contribution in [0.5, 0.6) is 0 Å². The Morgan fingerprint density at radius 3 is 3.00 bits per heavy atom. The van der Waals surface area contributed by atoms with Crippen LogP contribution in [0.1, 0.15) is 18.7 Å². The Bertz CT molecular complexity index is 334. The van der Waals surface area contributed by atoms with Crippen LogP contribution in [0.15, 0.2) is 0 Å². The molecule has 0 aromatic carbocycles. The van der Waals surface area contributed by atoms with Crippen molar-refractivity contribution in [1.29, 1.82) is 0 Å². The highest BCUT2D eigenvalue weighted by Gasteiger charge is 2.18. The van der Waals surface area contributed by atoms with Crippen molar-refractivity contribution < 1.29 is 4.79 Å². The zero-order valence-corrected chi connectivity index (χ0v) is 8.18. The van der Waals surface area contributed by atoms with Gasteiger partial charge in [-0.25, -0.2) is 0 Å². The number of carbonyl (C=O) groups is 1. The van der Waals surface area contributed by atoms with Gasteiger partial charge in [-0.2, -0.15) is 4.80 Å². The summed E-state index contributed by atoms with van der Waals surface area (Å²) in [6.45, 7) is 2.10. The van der Waals surface area contributed by atoms with E-state index < -0.39 is 0 Å². The summed E-state index contributed by atoms with van der Waals surface area (Å²) in [6.07, 6.45) is 1.66. The van der Waals surface area contributed by atoms with E-state index in [9.17, 15) is 4.79 Å². The lowest BCUT2D eigenvalue weighted by atomic mass is 10.1. The number of hydrogen-bond donors (Lipinski definition) is 0. The quantitative estimate of drug-likeness (QED) is 0.629. The molecule has 1 aliphatic heterocycles. The molecule has 6 heteroatoms.